The number of rotatable bonds is 4. The van der Waals surface area contributed by atoms with Crippen LogP contribution in [-0.4, -0.2) is 26.9 Å². The molecule has 2 N–H and O–H groups in total. The molecule has 0 radical (unpaired) electrons. The average Bonchev–Trinajstić information content (AvgIpc) is 2.97. The number of aromatic hydroxyl groups is 1. The average molecular weight is 315 g/mol. The predicted molar refractivity (Wildman–Crippen MR) is 83.5 cm³/mol. The Morgan fingerprint density at radius 3 is 2.86 bits per heavy atom. The fourth-order valence-electron chi connectivity index (χ4n) is 2.12. The van der Waals surface area contributed by atoms with E-state index in [4.69, 9.17) is 0 Å². The number of hydrogen-bond donors (Lipinski definition) is 2. The lowest BCUT2D eigenvalue weighted by Gasteiger charge is -2.06. The van der Waals surface area contributed by atoms with Gasteiger partial charge in [0.2, 0.25) is 5.88 Å². The second-order valence-electron chi connectivity index (χ2n) is 4.66. The zero-order chi connectivity index (χ0) is 15.5. The minimum atomic E-state index is -0.619. The molecular formula is C15H13N3O3S. The van der Waals surface area contributed by atoms with Crippen LogP contribution in [0.25, 0.3) is 4.96 Å². The topological polar surface area (TPSA) is 83.7 Å². The molecule has 2 heterocycles. The third-order valence-corrected chi connectivity index (χ3v) is 3.97. The number of nitrogens with zero attached hydrogens (tertiary/aromatic N) is 2. The van der Waals surface area contributed by atoms with Crippen LogP contribution in [0.2, 0.25) is 0 Å². The van der Waals surface area contributed by atoms with E-state index < -0.39 is 17.3 Å². The van der Waals surface area contributed by atoms with Gasteiger partial charge in [-0.2, -0.15) is 4.98 Å². The molecular weight excluding hydrogens is 302 g/mol. The summed E-state index contributed by atoms with van der Waals surface area (Å²) < 4.78 is 1.25. The SMILES string of the molecule is O=C(NCCc1ccccc1)c1c(O)nc2sccn2c1=O. The minimum absolute atomic E-state index is 0.330. The van der Waals surface area contributed by atoms with Gasteiger partial charge in [0.1, 0.15) is 0 Å². The number of nitrogens with one attached hydrogen (secondary N) is 1. The maximum Gasteiger partial charge on any atom is 0.275 e. The molecule has 0 unspecified atom stereocenters. The van der Waals surface area contributed by atoms with Crippen LogP contribution in [0.15, 0.2) is 46.7 Å². The third-order valence-electron chi connectivity index (χ3n) is 3.22. The van der Waals surface area contributed by atoms with Crippen molar-refractivity contribution in [2.45, 2.75) is 6.42 Å². The van der Waals surface area contributed by atoms with Gasteiger partial charge >= 0.3 is 0 Å². The van der Waals surface area contributed by atoms with Crippen molar-refractivity contribution in [3.63, 3.8) is 0 Å². The number of carbonyl (C=O) groups is 1. The number of thiazole rings is 1. The van der Waals surface area contributed by atoms with E-state index in [0.29, 0.717) is 17.9 Å². The van der Waals surface area contributed by atoms with E-state index in [1.807, 2.05) is 30.3 Å². The van der Waals surface area contributed by atoms with Crippen molar-refractivity contribution in [2.75, 3.05) is 6.54 Å². The van der Waals surface area contributed by atoms with Crippen LogP contribution >= 0.6 is 11.3 Å². The van der Waals surface area contributed by atoms with E-state index >= 15 is 0 Å². The molecule has 0 spiro atoms. The highest BCUT2D eigenvalue weighted by molar-refractivity contribution is 7.15. The summed E-state index contributed by atoms with van der Waals surface area (Å²) in [5, 5.41) is 14.1. The summed E-state index contributed by atoms with van der Waals surface area (Å²) in [4.78, 5) is 28.5. The van der Waals surface area contributed by atoms with Crippen molar-refractivity contribution in [2.24, 2.45) is 0 Å². The Morgan fingerprint density at radius 2 is 2.09 bits per heavy atom. The molecule has 1 amide bonds. The third kappa shape index (κ3) is 2.71. The van der Waals surface area contributed by atoms with Crippen LogP contribution in [0.5, 0.6) is 5.88 Å². The first-order valence-corrected chi connectivity index (χ1v) is 7.56. The van der Waals surface area contributed by atoms with Gasteiger partial charge in [-0.15, -0.1) is 11.3 Å². The fraction of sp³-hybridized carbons (Fsp3) is 0.133. The first-order valence-electron chi connectivity index (χ1n) is 6.68. The number of hydrogen-bond acceptors (Lipinski definition) is 5. The largest absolute Gasteiger partial charge is 0.492 e. The smallest absolute Gasteiger partial charge is 0.275 e. The first-order chi connectivity index (χ1) is 10.7. The summed E-state index contributed by atoms with van der Waals surface area (Å²) in [7, 11) is 0. The van der Waals surface area contributed by atoms with Gasteiger partial charge in [0, 0.05) is 18.1 Å². The summed E-state index contributed by atoms with van der Waals surface area (Å²) in [5.74, 6) is -1.16. The van der Waals surface area contributed by atoms with Crippen molar-refractivity contribution in [3.8, 4) is 5.88 Å². The van der Waals surface area contributed by atoms with E-state index in [2.05, 4.69) is 10.3 Å². The first kappa shape index (κ1) is 14.3. The highest BCUT2D eigenvalue weighted by Gasteiger charge is 2.19. The van der Waals surface area contributed by atoms with Crippen molar-refractivity contribution < 1.29 is 9.90 Å². The van der Waals surface area contributed by atoms with Crippen LogP contribution in [0, 0.1) is 0 Å². The van der Waals surface area contributed by atoms with Crippen LogP contribution in [0.4, 0.5) is 0 Å². The lowest BCUT2D eigenvalue weighted by atomic mass is 10.1. The van der Waals surface area contributed by atoms with Gasteiger partial charge in [-0.25, -0.2) is 0 Å². The molecule has 22 heavy (non-hydrogen) atoms. The van der Waals surface area contributed by atoms with Crippen molar-refractivity contribution >= 4 is 22.2 Å². The summed E-state index contributed by atoms with van der Waals surface area (Å²) in [6.07, 6.45) is 2.17. The van der Waals surface area contributed by atoms with Crippen LogP contribution < -0.4 is 10.9 Å². The second kappa shape index (κ2) is 5.98. The molecule has 3 aromatic rings. The van der Waals surface area contributed by atoms with Crippen molar-refractivity contribution in [1.82, 2.24) is 14.7 Å². The quantitative estimate of drug-likeness (QED) is 0.763. The van der Waals surface area contributed by atoms with Crippen LogP contribution in [0.3, 0.4) is 0 Å². The highest BCUT2D eigenvalue weighted by atomic mass is 32.1. The predicted octanol–water partition coefficient (Wildman–Crippen LogP) is 1.43. The minimum Gasteiger partial charge on any atom is -0.492 e. The molecule has 1 aromatic carbocycles. The molecule has 0 bridgehead atoms. The molecule has 0 aliphatic carbocycles. The van der Waals surface area contributed by atoms with Crippen LogP contribution in [-0.2, 0) is 6.42 Å². The summed E-state index contributed by atoms with van der Waals surface area (Å²) >= 11 is 1.21. The van der Waals surface area contributed by atoms with E-state index in [1.165, 1.54) is 21.9 Å². The van der Waals surface area contributed by atoms with E-state index in [1.54, 1.807) is 5.38 Å². The Balaban J connectivity index is 1.76. The van der Waals surface area contributed by atoms with E-state index in [9.17, 15) is 14.7 Å². The van der Waals surface area contributed by atoms with Gasteiger partial charge in [-0.1, -0.05) is 30.3 Å². The van der Waals surface area contributed by atoms with Crippen molar-refractivity contribution in [1.29, 1.82) is 0 Å². The Kier molecular flexibility index (Phi) is 3.88. The normalized spacial score (nSPS) is 10.7. The Labute approximate surface area is 129 Å². The lowest BCUT2D eigenvalue weighted by molar-refractivity contribution is 0.0949. The molecule has 0 saturated carbocycles. The van der Waals surface area contributed by atoms with Gasteiger partial charge in [-0.05, 0) is 12.0 Å². The summed E-state index contributed by atoms with van der Waals surface area (Å²) in [5.41, 5.74) is 0.181. The van der Waals surface area contributed by atoms with Crippen LogP contribution in [0.1, 0.15) is 15.9 Å². The Bertz CT molecular complexity index is 871. The molecule has 0 aliphatic heterocycles. The van der Waals surface area contributed by atoms with Gasteiger partial charge in [0.15, 0.2) is 10.5 Å². The number of carbonyl (C=O) groups excluding carboxylic acids is 1. The zero-order valence-electron chi connectivity index (χ0n) is 11.5. The second-order valence-corrected chi connectivity index (χ2v) is 5.54. The maximum atomic E-state index is 12.2. The van der Waals surface area contributed by atoms with Crippen molar-refractivity contribution in [3.05, 3.63) is 63.4 Å². The molecule has 2 aromatic heterocycles. The van der Waals surface area contributed by atoms with Gasteiger partial charge in [-0.3, -0.25) is 14.0 Å². The molecule has 0 aliphatic rings. The number of aromatic nitrogens is 2. The van der Waals surface area contributed by atoms with E-state index in [0.717, 1.165) is 5.56 Å². The van der Waals surface area contributed by atoms with Gasteiger partial charge in [0.25, 0.3) is 11.5 Å². The standard InChI is InChI=1S/C15H13N3O3S/c19-12(16-7-6-10-4-2-1-3-5-10)11-13(20)17-15-18(14(11)21)8-9-22-15/h1-5,8-9,20H,6-7H2,(H,16,19). The molecule has 0 saturated heterocycles. The summed E-state index contributed by atoms with van der Waals surface area (Å²) in [6, 6.07) is 9.67. The molecule has 0 fully saturated rings. The van der Waals surface area contributed by atoms with Gasteiger partial charge < -0.3 is 10.4 Å². The number of fused-ring (bicyclic) bond motifs is 1. The molecule has 0 atom stereocenters. The number of amides is 1. The molecule has 6 nitrogen and oxygen atoms in total. The molecule has 3 rings (SSSR count). The maximum absolute atomic E-state index is 12.2. The highest BCUT2D eigenvalue weighted by Crippen LogP contribution is 2.14. The molecule has 112 valence electrons. The summed E-state index contributed by atoms with van der Waals surface area (Å²) in [6.45, 7) is 0.369. The van der Waals surface area contributed by atoms with E-state index in [-0.39, 0.29) is 5.56 Å². The fourth-order valence-corrected chi connectivity index (χ4v) is 2.82. The Hall–Kier alpha value is -2.67. The molecule has 7 heteroatoms. The lowest BCUT2D eigenvalue weighted by Crippen LogP contribution is -2.32. The zero-order valence-corrected chi connectivity index (χ0v) is 12.3. The number of benzene rings is 1. The Morgan fingerprint density at radius 1 is 1.32 bits per heavy atom. The monoisotopic (exact) mass is 315 g/mol. The van der Waals surface area contributed by atoms with Gasteiger partial charge in [0.05, 0.1) is 0 Å².